The van der Waals surface area contributed by atoms with E-state index in [1.165, 1.54) is 23.0 Å². The number of alkyl halides is 3. The Labute approximate surface area is 189 Å². The molecule has 0 aliphatic rings. The van der Waals surface area contributed by atoms with E-state index >= 15 is 0 Å². The van der Waals surface area contributed by atoms with E-state index in [1.54, 1.807) is 6.07 Å². The fourth-order valence-electron chi connectivity index (χ4n) is 4.27. The van der Waals surface area contributed by atoms with Gasteiger partial charge in [-0.2, -0.15) is 13.2 Å². The maximum atomic E-state index is 13.5. The lowest BCUT2D eigenvalue weighted by Gasteiger charge is -2.15. The molecule has 0 bridgehead atoms. The van der Waals surface area contributed by atoms with Crippen LogP contribution in [-0.4, -0.2) is 4.98 Å². The number of fused-ring (bicyclic) bond motifs is 2. The third-order valence-corrected chi connectivity index (χ3v) is 5.85. The second-order valence-electron chi connectivity index (χ2n) is 8.13. The van der Waals surface area contributed by atoms with Crippen LogP contribution in [0.4, 0.5) is 18.9 Å². The smallest absolute Gasteiger partial charge is 0.381 e. The number of nitrogens with zero attached hydrogens (tertiary/aromatic N) is 1. The summed E-state index contributed by atoms with van der Waals surface area (Å²) in [6.45, 7) is 2.51. The molecule has 0 radical (unpaired) electrons. The number of hydrogen-bond donors (Lipinski definition) is 1. The molecule has 0 fully saturated rings. The van der Waals surface area contributed by atoms with Gasteiger partial charge in [0.15, 0.2) is 0 Å². The van der Waals surface area contributed by atoms with Crippen LogP contribution in [0.3, 0.4) is 0 Å². The lowest BCUT2D eigenvalue weighted by molar-refractivity contribution is -0.136. The van der Waals surface area contributed by atoms with Gasteiger partial charge in [-0.25, -0.2) is 0 Å². The van der Waals surface area contributed by atoms with E-state index in [1.807, 2.05) is 43.3 Å². The number of benzene rings is 4. The van der Waals surface area contributed by atoms with E-state index in [0.29, 0.717) is 11.9 Å². The number of aryl methyl sites for hydroxylation is 1. The van der Waals surface area contributed by atoms with Gasteiger partial charge >= 0.3 is 6.18 Å². The first kappa shape index (κ1) is 21.0. The minimum Gasteiger partial charge on any atom is -0.381 e. The number of para-hydroxylation sites is 1. The van der Waals surface area contributed by atoms with E-state index < -0.39 is 11.7 Å². The van der Waals surface area contributed by atoms with E-state index in [4.69, 9.17) is 0 Å². The van der Waals surface area contributed by atoms with E-state index in [0.717, 1.165) is 34.0 Å². The molecule has 5 heteroatoms. The number of anilines is 1. The number of pyridine rings is 1. The van der Waals surface area contributed by atoms with Crippen LogP contribution < -0.4 is 5.32 Å². The summed E-state index contributed by atoms with van der Waals surface area (Å²) < 4.78 is 40.6. The van der Waals surface area contributed by atoms with Crippen LogP contribution in [0.2, 0.25) is 0 Å². The summed E-state index contributed by atoms with van der Waals surface area (Å²) in [6.07, 6.45) is -2.94. The molecule has 5 rings (SSSR count). The van der Waals surface area contributed by atoms with Crippen LogP contribution in [0, 0.1) is 6.92 Å². The highest BCUT2D eigenvalue weighted by Gasteiger charge is 2.33. The second-order valence-corrected chi connectivity index (χ2v) is 8.13. The molecule has 0 saturated heterocycles. The highest BCUT2D eigenvalue weighted by molar-refractivity contribution is 5.98. The normalized spacial score (nSPS) is 11.8. The Morgan fingerprint density at radius 2 is 1.61 bits per heavy atom. The molecular formula is C28H21F3N2. The Morgan fingerprint density at radius 1 is 0.818 bits per heavy atom. The topological polar surface area (TPSA) is 24.9 Å². The Kier molecular flexibility index (Phi) is 5.25. The first-order valence-corrected chi connectivity index (χ1v) is 10.7. The van der Waals surface area contributed by atoms with Crippen LogP contribution in [0.25, 0.3) is 32.8 Å². The molecule has 4 aromatic carbocycles. The molecule has 0 aliphatic heterocycles. The quantitative estimate of drug-likeness (QED) is 0.305. The van der Waals surface area contributed by atoms with Crippen molar-refractivity contribution in [1.29, 1.82) is 0 Å². The fourth-order valence-corrected chi connectivity index (χ4v) is 4.27. The van der Waals surface area contributed by atoms with Crippen molar-refractivity contribution in [2.45, 2.75) is 19.6 Å². The summed E-state index contributed by atoms with van der Waals surface area (Å²) in [7, 11) is 0. The predicted octanol–water partition coefficient (Wildman–Crippen LogP) is 7.99. The Balaban J connectivity index is 1.49. The third kappa shape index (κ3) is 4.14. The average Bonchev–Trinajstić information content (AvgIpc) is 2.81. The number of halogens is 3. The molecule has 0 unspecified atom stereocenters. The van der Waals surface area contributed by atoms with Crippen molar-refractivity contribution in [3.63, 3.8) is 0 Å². The lowest BCUT2D eigenvalue weighted by Crippen LogP contribution is -2.07. The molecular weight excluding hydrogens is 421 g/mol. The molecule has 0 atom stereocenters. The zero-order chi connectivity index (χ0) is 23.0. The SMILES string of the molecule is Cc1cnc2c(C(F)(F)F)cccc2c1-c1cccc(NCc2ccc3ccccc3c2)c1. The van der Waals surface area contributed by atoms with Gasteiger partial charge in [-0.3, -0.25) is 4.98 Å². The first-order valence-electron chi connectivity index (χ1n) is 10.7. The molecule has 33 heavy (non-hydrogen) atoms. The Morgan fingerprint density at radius 3 is 2.42 bits per heavy atom. The van der Waals surface area contributed by atoms with Crippen molar-refractivity contribution in [2.75, 3.05) is 5.32 Å². The van der Waals surface area contributed by atoms with Gasteiger partial charge in [-0.05, 0) is 64.2 Å². The van der Waals surface area contributed by atoms with Crippen molar-refractivity contribution >= 4 is 27.4 Å². The van der Waals surface area contributed by atoms with Gasteiger partial charge in [0.1, 0.15) is 0 Å². The zero-order valence-electron chi connectivity index (χ0n) is 17.9. The summed E-state index contributed by atoms with van der Waals surface area (Å²) in [5.74, 6) is 0. The van der Waals surface area contributed by atoms with Gasteiger partial charge in [-0.15, -0.1) is 0 Å². The van der Waals surface area contributed by atoms with Gasteiger partial charge < -0.3 is 5.32 Å². The van der Waals surface area contributed by atoms with Crippen molar-refractivity contribution in [3.8, 4) is 11.1 Å². The highest BCUT2D eigenvalue weighted by atomic mass is 19.4. The molecule has 1 aromatic heterocycles. The molecule has 164 valence electrons. The summed E-state index contributed by atoms with van der Waals surface area (Å²) in [6, 6.07) is 26.6. The number of hydrogen-bond acceptors (Lipinski definition) is 2. The molecule has 0 aliphatic carbocycles. The number of aromatic nitrogens is 1. The Bertz CT molecular complexity index is 1470. The standard InChI is InChI=1S/C28H21F3N2/c1-18-16-33-27-24(10-5-11-25(27)28(29,30)31)26(18)22-8-4-9-23(15-22)32-17-19-12-13-20-6-2-3-7-21(20)14-19/h2-16,32H,17H2,1H3. The second kappa shape index (κ2) is 8.24. The minimum absolute atomic E-state index is 0.0277. The molecule has 1 N–H and O–H groups in total. The molecule has 2 nitrogen and oxygen atoms in total. The van der Waals surface area contributed by atoms with Crippen LogP contribution in [-0.2, 0) is 12.7 Å². The monoisotopic (exact) mass is 442 g/mol. The molecule has 0 spiro atoms. The van der Waals surface area contributed by atoms with Crippen molar-refractivity contribution < 1.29 is 13.2 Å². The maximum absolute atomic E-state index is 13.5. The third-order valence-electron chi connectivity index (χ3n) is 5.85. The maximum Gasteiger partial charge on any atom is 0.418 e. The van der Waals surface area contributed by atoms with Crippen molar-refractivity contribution in [1.82, 2.24) is 4.98 Å². The molecule has 5 aromatic rings. The van der Waals surface area contributed by atoms with Gasteiger partial charge in [0, 0.05) is 23.8 Å². The van der Waals surface area contributed by atoms with Crippen LogP contribution in [0.5, 0.6) is 0 Å². The summed E-state index contributed by atoms with van der Waals surface area (Å²) in [5, 5.41) is 6.32. The largest absolute Gasteiger partial charge is 0.418 e. The fraction of sp³-hybridized carbons (Fsp3) is 0.107. The zero-order valence-corrected chi connectivity index (χ0v) is 17.9. The molecule has 1 heterocycles. The van der Waals surface area contributed by atoms with Crippen molar-refractivity contribution in [2.24, 2.45) is 0 Å². The van der Waals surface area contributed by atoms with E-state index in [2.05, 4.69) is 40.6 Å². The first-order chi connectivity index (χ1) is 15.9. The summed E-state index contributed by atoms with van der Waals surface area (Å²) >= 11 is 0. The van der Waals surface area contributed by atoms with E-state index in [-0.39, 0.29) is 5.52 Å². The van der Waals surface area contributed by atoms with Gasteiger partial charge in [0.25, 0.3) is 0 Å². The van der Waals surface area contributed by atoms with E-state index in [9.17, 15) is 13.2 Å². The van der Waals surface area contributed by atoms with Gasteiger partial charge in [0.2, 0.25) is 0 Å². The van der Waals surface area contributed by atoms with Crippen molar-refractivity contribution in [3.05, 3.63) is 108 Å². The number of nitrogens with one attached hydrogen (secondary N) is 1. The lowest BCUT2D eigenvalue weighted by atomic mass is 9.95. The molecule has 0 amide bonds. The predicted molar refractivity (Wildman–Crippen MR) is 128 cm³/mol. The van der Waals surface area contributed by atoms with Crippen LogP contribution in [0.1, 0.15) is 16.7 Å². The number of rotatable bonds is 4. The van der Waals surface area contributed by atoms with Gasteiger partial charge in [-0.1, -0.05) is 60.7 Å². The van der Waals surface area contributed by atoms with Gasteiger partial charge in [0.05, 0.1) is 11.1 Å². The van der Waals surface area contributed by atoms with Crippen LogP contribution >= 0.6 is 0 Å². The summed E-state index contributed by atoms with van der Waals surface area (Å²) in [4.78, 5) is 4.12. The molecule has 0 saturated carbocycles. The van der Waals surface area contributed by atoms with Crippen LogP contribution in [0.15, 0.2) is 91.1 Å². The minimum atomic E-state index is -4.46. The average molecular weight is 442 g/mol. The Hall–Kier alpha value is -3.86. The highest BCUT2D eigenvalue weighted by Crippen LogP contribution is 2.38. The summed E-state index contributed by atoms with van der Waals surface area (Å²) in [5.41, 5.74) is 3.75.